The maximum Gasteiger partial charge on any atom is 0.323 e. The van der Waals surface area contributed by atoms with Gasteiger partial charge in [-0.25, -0.2) is 9.18 Å². The van der Waals surface area contributed by atoms with E-state index in [-0.39, 0.29) is 30.5 Å². The molecule has 1 saturated heterocycles. The van der Waals surface area contributed by atoms with Crippen LogP contribution in [0.1, 0.15) is 29.9 Å². The molecule has 3 amide bonds. The summed E-state index contributed by atoms with van der Waals surface area (Å²) in [5.41, 5.74) is 2.39. The minimum Gasteiger partial charge on any atom is -0.487 e. The summed E-state index contributed by atoms with van der Waals surface area (Å²) >= 11 is 0. The number of rotatable bonds is 7. The molecule has 2 aliphatic rings. The lowest BCUT2D eigenvalue weighted by Gasteiger charge is -2.37. The van der Waals surface area contributed by atoms with Gasteiger partial charge >= 0.3 is 6.03 Å². The maximum atomic E-state index is 13.9. The Kier molecular flexibility index (Phi) is 7.29. The highest BCUT2D eigenvalue weighted by atomic mass is 19.1. The second-order valence-electron chi connectivity index (χ2n) is 9.05. The molecular formula is C27H27FN4O5. The van der Waals surface area contributed by atoms with Crippen molar-refractivity contribution < 1.29 is 28.6 Å². The van der Waals surface area contributed by atoms with Gasteiger partial charge in [0, 0.05) is 36.1 Å². The zero-order valence-corrected chi connectivity index (χ0v) is 19.9. The summed E-state index contributed by atoms with van der Waals surface area (Å²) in [5.74, 6) is -0.178. The van der Waals surface area contributed by atoms with Crippen molar-refractivity contribution in [3.05, 3.63) is 83.9 Å². The lowest BCUT2D eigenvalue weighted by atomic mass is 9.84. The number of amides is 3. The third-order valence-corrected chi connectivity index (χ3v) is 6.53. The number of urea groups is 1. The van der Waals surface area contributed by atoms with E-state index in [1.54, 1.807) is 42.7 Å². The number of aliphatic hydroxyl groups excluding tert-OH is 1. The van der Waals surface area contributed by atoms with Crippen LogP contribution < -0.4 is 20.7 Å². The van der Waals surface area contributed by atoms with Gasteiger partial charge in [-0.2, -0.15) is 0 Å². The summed E-state index contributed by atoms with van der Waals surface area (Å²) < 4.78 is 26.0. The topological polar surface area (TPSA) is 122 Å². The first-order valence-corrected chi connectivity index (χ1v) is 12.0. The first kappa shape index (κ1) is 24.7. The Labute approximate surface area is 213 Å². The van der Waals surface area contributed by atoms with E-state index in [2.05, 4.69) is 20.9 Å². The Morgan fingerprint density at radius 1 is 1.08 bits per heavy atom. The number of carbonyl (C=O) groups is 2. The van der Waals surface area contributed by atoms with Crippen LogP contribution in [0.3, 0.4) is 0 Å². The van der Waals surface area contributed by atoms with E-state index >= 15 is 0 Å². The average Bonchev–Trinajstić information content (AvgIpc) is 3.27. The highest BCUT2D eigenvalue weighted by Gasteiger charge is 2.46. The van der Waals surface area contributed by atoms with Gasteiger partial charge in [-0.3, -0.25) is 9.78 Å². The summed E-state index contributed by atoms with van der Waals surface area (Å²) in [6.07, 6.45) is 2.59. The number of nitrogens with zero attached hydrogens (tertiary/aromatic N) is 1. The molecule has 0 radical (unpaired) electrons. The van der Waals surface area contributed by atoms with Crippen molar-refractivity contribution in [2.24, 2.45) is 0 Å². The summed E-state index contributed by atoms with van der Waals surface area (Å²) in [7, 11) is 0. The predicted octanol–water partition coefficient (Wildman–Crippen LogP) is 3.57. The van der Waals surface area contributed by atoms with Crippen LogP contribution in [0, 0.1) is 5.82 Å². The molecule has 0 saturated carbocycles. The number of hydrogen-bond acceptors (Lipinski definition) is 6. The summed E-state index contributed by atoms with van der Waals surface area (Å²) in [5, 5.41) is 18.1. The highest BCUT2D eigenvalue weighted by Crippen LogP contribution is 2.47. The predicted molar refractivity (Wildman–Crippen MR) is 134 cm³/mol. The lowest BCUT2D eigenvalue weighted by molar-refractivity contribution is -0.142. The first-order valence-electron chi connectivity index (χ1n) is 12.0. The summed E-state index contributed by atoms with van der Waals surface area (Å²) in [6.45, 7) is 0.139. The smallest absolute Gasteiger partial charge is 0.323 e. The van der Waals surface area contributed by atoms with Gasteiger partial charge in [0.2, 0.25) is 5.91 Å². The molecule has 4 atom stereocenters. The molecule has 10 heteroatoms. The largest absolute Gasteiger partial charge is 0.487 e. The standard InChI is InChI=1S/C27H27FN4O5/c28-21-3-1-2-4-22(21)32-27(35)31-17-5-6-23-19(11-17)20-12-18(36-24(15-33)26(20)37-23)13-25(34)30-14-16-7-9-29-10-8-16/h1-11,18,20,24,26,33H,12-15H2,(H,30,34)(H2,31,32,35)/t18-,20-,24+,26+/m1/s1. The molecule has 0 unspecified atom stereocenters. The van der Waals surface area contributed by atoms with Gasteiger partial charge in [0.1, 0.15) is 23.8 Å². The van der Waals surface area contributed by atoms with Crippen molar-refractivity contribution in [1.29, 1.82) is 0 Å². The van der Waals surface area contributed by atoms with E-state index in [1.807, 2.05) is 12.1 Å². The normalized spacial score (nSPS) is 21.8. The monoisotopic (exact) mass is 506 g/mol. The van der Waals surface area contributed by atoms with E-state index in [0.29, 0.717) is 24.4 Å². The van der Waals surface area contributed by atoms with E-state index in [4.69, 9.17) is 9.47 Å². The minimum absolute atomic E-state index is 0.0739. The molecule has 37 heavy (non-hydrogen) atoms. The number of benzene rings is 2. The summed E-state index contributed by atoms with van der Waals surface area (Å²) in [6, 6.07) is 14.2. The SMILES string of the molecule is O=C(C[C@H]1C[C@@H]2c3cc(NC(=O)Nc4ccccc4F)ccc3O[C@@H]2[C@H](CO)O1)NCc1ccncc1. The fourth-order valence-electron chi connectivity index (χ4n) is 4.79. The molecule has 0 bridgehead atoms. The van der Waals surface area contributed by atoms with Crippen LogP contribution in [0.25, 0.3) is 0 Å². The Bertz CT molecular complexity index is 1270. The van der Waals surface area contributed by atoms with Gasteiger partial charge in [-0.15, -0.1) is 0 Å². The highest BCUT2D eigenvalue weighted by molar-refractivity contribution is 5.99. The minimum atomic E-state index is -0.593. The first-order chi connectivity index (χ1) is 18.0. The number of nitrogens with one attached hydrogen (secondary N) is 3. The molecule has 0 spiro atoms. The second-order valence-corrected chi connectivity index (χ2v) is 9.05. The van der Waals surface area contributed by atoms with E-state index in [1.165, 1.54) is 12.1 Å². The van der Waals surface area contributed by atoms with Crippen molar-refractivity contribution in [1.82, 2.24) is 10.3 Å². The van der Waals surface area contributed by atoms with Gasteiger partial charge < -0.3 is 30.5 Å². The molecule has 2 aliphatic heterocycles. The third-order valence-electron chi connectivity index (χ3n) is 6.53. The van der Waals surface area contributed by atoms with Crippen molar-refractivity contribution in [3.8, 4) is 5.75 Å². The van der Waals surface area contributed by atoms with Crippen LogP contribution in [0.2, 0.25) is 0 Å². The van der Waals surface area contributed by atoms with E-state index < -0.39 is 30.2 Å². The Hall–Kier alpha value is -4.02. The number of aliphatic hydroxyl groups is 1. The van der Waals surface area contributed by atoms with Crippen molar-refractivity contribution in [2.75, 3.05) is 17.2 Å². The molecule has 1 fully saturated rings. The van der Waals surface area contributed by atoms with Gasteiger partial charge in [-0.1, -0.05) is 12.1 Å². The van der Waals surface area contributed by atoms with Crippen molar-refractivity contribution in [3.63, 3.8) is 0 Å². The Morgan fingerprint density at radius 3 is 2.68 bits per heavy atom. The molecule has 5 rings (SSSR count). The number of hydrogen-bond donors (Lipinski definition) is 4. The van der Waals surface area contributed by atoms with Crippen LogP contribution in [-0.4, -0.2) is 46.9 Å². The zero-order valence-electron chi connectivity index (χ0n) is 19.9. The number of aromatic nitrogens is 1. The number of pyridine rings is 1. The molecule has 3 heterocycles. The number of carbonyl (C=O) groups excluding carboxylic acids is 2. The molecule has 192 valence electrons. The van der Waals surface area contributed by atoms with Crippen LogP contribution in [0.5, 0.6) is 5.75 Å². The van der Waals surface area contributed by atoms with Crippen LogP contribution in [0.4, 0.5) is 20.6 Å². The number of halogens is 1. The Morgan fingerprint density at radius 2 is 1.89 bits per heavy atom. The van der Waals surface area contributed by atoms with Gasteiger partial charge in [-0.05, 0) is 54.4 Å². The molecule has 1 aromatic heterocycles. The molecule has 0 aliphatic carbocycles. The quantitative estimate of drug-likeness (QED) is 0.389. The zero-order chi connectivity index (χ0) is 25.8. The number of fused-ring (bicyclic) bond motifs is 3. The maximum absolute atomic E-state index is 13.9. The molecule has 4 N–H and O–H groups in total. The molecule has 2 aromatic carbocycles. The van der Waals surface area contributed by atoms with Gasteiger partial charge in [0.05, 0.1) is 24.8 Å². The van der Waals surface area contributed by atoms with Crippen LogP contribution in [-0.2, 0) is 16.1 Å². The number of ether oxygens (including phenoxy) is 2. The number of para-hydroxylation sites is 1. The van der Waals surface area contributed by atoms with Crippen LogP contribution in [0.15, 0.2) is 67.0 Å². The second kappa shape index (κ2) is 10.9. The summed E-state index contributed by atoms with van der Waals surface area (Å²) in [4.78, 5) is 29.0. The lowest BCUT2D eigenvalue weighted by Crippen LogP contribution is -2.47. The fraction of sp³-hybridized carbons (Fsp3) is 0.296. The van der Waals surface area contributed by atoms with Gasteiger partial charge in [0.25, 0.3) is 0 Å². The van der Waals surface area contributed by atoms with Crippen LogP contribution >= 0.6 is 0 Å². The number of anilines is 2. The third kappa shape index (κ3) is 5.71. The van der Waals surface area contributed by atoms with Gasteiger partial charge in [0.15, 0.2) is 0 Å². The Balaban J connectivity index is 1.24. The van der Waals surface area contributed by atoms with Crippen molar-refractivity contribution >= 4 is 23.3 Å². The molecule has 3 aromatic rings. The fourth-order valence-corrected chi connectivity index (χ4v) is 4.79. The average molecular weight is 507 g/mol. The van der Waals surface area contributed by atoms with E-state index in [0.717, 1.165) is 11.1 Å². The van der Waals surface area contributed by atoms with E-state index in [9.17, 15) is 19.1 Å². The van der Waals surface area contributed by atoms with Crippen molar-refractivity contribution in [2.45, 2.75) is 43.6 Å². The molecular weight excluding hydrogens is 479 g/mol. The molecule has 9 nitrogen and oxygen atoms in total.